The molecule has 0 fully saturated rings. The molecule has 3 heteroatoms. The van der Waals surface area contributed by atoms with E-state index < -0.39 is 0 Å². The molecule has 0 unspecified atom stereocenters. The first-order valence-electron chi connectivity index (χ1n) is 8.07. The van der Waals surface area contributed by atoms with E-state index in [-0.39, 0.29) is 0 Å². The van der Waals surface area contributed by atoms with Gasteiger partial charge in [-0.3, -0.25) is 14.9 Å². The lowest BCUT2D eigenvalue weighted by Crippen LogP contribution is -2.30. The number of para-hydroxylation sites is 1. The van der Waals surface area contributed by atoms with E-state index in [1.54, 1.807) is 0 Å². The van der Waals surface area contributed by atoms with Gasteiger partial charge in [0.1, 0.15) is 0 Å². The van der Waals surface area contributed by atoms with Crippen LogP contribution in [0.1, 0.15) is 23.7 Å². The molecule has 0 aliphatic rings. The van der Waals surface area contributed by atoms with Gasteiger partial charge in [-0.05, 0) is 56.3 Å². The van der Waals surface area contributed by atoms with Crippen molar-refractivity contribution in [2.24, 2.45) is 0 Å². The molecule has 0 N–H and O–H groups in total. The van der Waals surface area contributed by atoms with Gasteiger partial charge in [-0.15, -0.1) is 0 Å². The number of nitrogens with zero attached hydrogens (tertiary/aromatic N) is 3. The summed E-state index contributed by atoms with van der Waals surface area (Å²) < 4.78 is 0. The molecule has 0 amide bonds. The highest BCUT2D eigenvalue weighted by atomic mass is 15.1. The fourth-order valence-electron chi connectivity index (χ4n) is 2.82. The van der Waals surface area contributed by atoms with Gasteiger partial charge in [0.25, 0.3) is 0 Å². The highest BCUT2D eigenvalue weighted by Crippen LogP contribution is 2.15. The monoisotopic (exact) mass is 305 g/mol. The average Bonchev–Trinajstić information content (AvgIpc) is 2.54. The summed E-state index contributed by atoms with van der Waals surface area (Å²) in [6.45, 7) is 5.25. The molecule has 0 aliphatic heterocycles. The number of hydrogen-bond donors (Lipinski definition) is 0. The summed E-state index contributed by atoms with van der Waals surface area (Å²) >= 11 is 0. The number of rotatable bonds is 5. The van der Waals surface area contributed by atoms with Gasteiger partial charge >= 0.3 is 0 Å². The topological polar surface area (TPSA) is 29.0 Å². The van der Waals surface area contributed by atoms with Gasteiger partial charge in [0.2, 0.25) is 0 Å². The molecule has 1 atom stereocenters. The van der Waals surface area contributed by atoms with Crippen LogP contribution in [-0.4, -0.2) is 28.0 Å². The maximum atomic E-state index is 4.55. The lowest BCUT2D eigenvalue weighted by Gasteiger charge is -2.24. The van der Waals surface area contributed by atoms with Crippen LogP contribution in [0.5, 0.6) is 0 Å². The molecular weight excluding hydrogens is 282 g/mol. The second-order valence-corrected chi connectivity index (χ2v) is 6.33. The summed E-state index contributed by atoms with van der Waals surface area (Å²) in [5, 5.41) is 1.20. The van der Waals surface area contributed by atoms with Gasteiger partial charge in [-0.2, -0.15) is 0 Å². The summed E-state index contributed by atoms with van der Waals surface area (Å²) in [5.74, 6) is 0. The minimum Gasteiger partial charge on any atom is -0.299 e. The Morgan fingerprint density at radius 3 is 2.74 bits per heavy atom. The molecule has 118 valence electrons. The van der Waals surface area contributed by atoms with E-state index in [9.17, 15) is 0 Å². The van der Waals surface area contributed by atoms with Crippen LogP contribution in [0.2, 0.25) is 0 Å². The summed E-state index contributed by atoms with van der Waals surface area (Å²) in [4.78, 5) is 11.4. The summed E-state index contributed by atoms with van der Waals surface area (Å²) in [6.07, 6.45) is 4.83. The zero-order valence-electron chi connectivity index (χ0n) is 14.0. The highest BCUT2D eigenvalue weighted by Gasteiger charge is 2.12. The minimum absolute atomic E-state index is 0.427. The Labute approximate surface area is 138 Å². The summed E-state index contributed by atoms with van der Waals surface area (Å²) in [6, 6.07) is 15.1. The van der Waals surface area contributed by atoms with Crippen molar-refractivity contribution >= 4 is 10.9 Å². The van der Waals surface area contributed by atoms with E-state index in [4.69, 9.17) is 0 Å². The van der Waals surface area contributed by atoms with Crippen LogP contribution in [0.15, 0.2) is 54.9 Å². The molecule has 3 nitrogen and oxygen atoms in total. The van der Waals surface area contributed by atoms with Crippen LogP contribution in [0.4, 0.5) is 0 Å². The molecule has 23 heavy (non-hydrogen) atoms. The van der Waals surface area contributed by atoms with Crippen LogP contribution in [-0.2, 0) is 13.0 Å². The largest absolute Gasteiger partial charge is 0.299 e. The molecule has 3 rings (SSSR count). The molecule has 0 radical (unpaired) electrons. The van der Waals surface area contributed by atoms with Crippen molar-refractivity contribution in [2.45, 2.75) is 32.9 Å². The van der Waals surface area contributed by atoms with E-state index in [0.717, 1.165) is 24.2 Å². The maximum Gasteiger partial charge on any atom is 0.0702 e. The van der Waals surface area contributed by atoms with Gasteiger partial charge in [-0.25, -0.2) is 0 Å². The smallest absolute Gasteiger partial charge is 0.0702 e. The first-order valence-corrected chi connectivity index (χ1v) is 8.07. The summed E-state index contributed by atoms with van der Waals surface area (Å²) in [7, 11) is 2.16. The van der Waals surface area contributed by atoms with Crippen molar-refractivity contribution in [2.75, 3.05) is 7.05 Å². The Balaban J connectivity index is 1.68. The number of fused-ring (bicyclic) bond motifs is 1. The zero-order chi connectivity index (χ0) is 16.2. The van der Waals surface area contributed by atoms with Gasteiger partial charge < -0.3 is 0 Å². The number of aromatic nitrogens is 2. The van der Waals surface area contributed by atoms with Crippen LogP contribution in [0, 0.1) is 6.92 Å². The number of likely N-dealkylation sites (N-methyl/N-ethyl adjacent to an activating group) is 1. The normalized spacial score (nSPS) is 12.7. The third-order valence-corrected chi connectivity index (χ3v) is 4.31. The predicted molar refractivity (Wildman–Crippen MR) is 95.4 cm³/mol. The zero-order valence-corrected chi connectivity index (χ0v) is 14.0. The third kappa shape index (κ3) is 3.93. The van der Waals surface area contributed by atoms with Crippen LogP contribution >= 0.6 is 0 Å². The molecule has 0 aliphatic carbocycles. The van der Waals surface area contributed by atoms with Crippen molar-refractivity contribution in [1.82, 2.24) is 14.9 Å². The Hall–Kier alpha value is -2.26. The number of pyridine rings is 2. The third-order valence-electron chi connectivity index (χ3n) is 4.31. The highest BCUT2D eigenvalue weighted by molar-refractivity contribution is 5.78. The van der Waals surface area contributed by atoms with Crippen LogP contribution in [0.25, 0.3) is 10.9 Å². The fourth-order valence-corrected chi connectivity index (χ4v) is 2.82. The van der Waals surface area contributed by atoms with E-state index >= 15 is 0 Å². The Kier molecular flexibility index (Phi) is 4.68. The second-order valence-electron chi connectivity index (χ2n) is 6.33. The van der Waals surface area contributed by atoms with Crippen LogP contribution < -0.4 is 0 Å². The Morgan fingerprint density at radius 2 is 1.91 bits per heavy atom. The van der Waals surface area contributed by atoms with Crippen molar-refractivity contribution in [3.8, 4) is 0 Å². The van der Waals surface area contributed by atoms with Crippen molar-refractivity contribution in [3.63, 3.8) is 0 Å². The Morgan fingerprint density at radius 1 is 1.09 bits per heavy atom. The molecule has 0 spiro atoms. The molecular formula is C20H23N3. The van der Waals surface area contributed by atoms with Crippen LogP contribution in [0.3, 0.4) is 0 Å². The molecule has 2 heterocycles. The second kappa shape index (κ2) is 6.88. The fraction of sp³-hybridized carbons (Fsp3) is 0.300. The molecule has 0 saturated heterocycles. The number of benzene rings is 1. The SMILES string of the molecule is Cc1ccnc(C[C@@H](C)N(C)Cc2cnc3ccccc3c2)c1. The standard InChI is InChI=1S/C20H23N3/c1-15-8-9-21-19(10-15)11-16(2)23(3)14-17-12-18-6-4-5-7-20(18)22-13-17/h4-10,12-13,16H,11,14H2,1-3H3/t16-/m1/s1. The van der Waals surface area contributed by atoms with Gasteiger partial charge in [-0.1, -0.05) is 18.2 Å². The minimum atomic E-state index is 0.427. The van der Waals surface area contributed by atoms with E-state index in [2.05, 4.69) is 66.1 Å². The molecule has 0 saturated carbocycles. The van der Waals surface area contributed by atoms with Crippen molar-refractivity contribution in [1.29, 1.82) is 0 Å². The van der Waals surface area contributed by atoms with Gasteiger partial charge in [0.05, 0.1) is 5.52 Å². The van der Waals surface area contributed by atoms with Crippen molar-refractivity contribution in [3.05, 3.63) is 71.7 Å². The maximum absolute atomic E-state index is 4.55. The van der Waals surface area contributed by atoms with E-state index in [1.165, 1.54) is 16.5 Å². The first kappa shape index (κ1) is 15.6. The molecule has 3 aromatic rings. The quantitative estimate of drug-likeness (QED) is 0.713. The molecule has 1 aromatic carbocycles. The van der Waals surface area contributed by atoms with Gasteiger partial charge in [0.15, 0.2) is 0 Å². The first-order chi connectivity index (χ1) is 11.1. The van der Waals surface area contributed by atoms with Gasteiger partial charge in [0, 0.05) is 42.5 Å². The van der Waals surface area contributed by atoms with Crippen molar-refractivity contribution < 1.29 is 0 Å². The number of hydrogen-bond acceptors (Lipinski definition) is 3. The molecule has 2 aromatic heterocycles. The lowest BCUT2D eigenvalue weighted by molar-refractivity contribution is 0.246. The lowest BCUT2D eigenvalue weighted by atomic mass is 10.1. The van der Waals surface area contributed by atoms with E-state index in [1.807, 2.05) is 24.5 Å². The van der Waals surface area contributed by atoms with E-state index in [0.29, 0.717) is 6.04 Å². The predicted octanol–water partition coefficient (Wildman–Crippen LogP) is 4.00. The Bertz CT molecular complexity index is 798. The summed E-state index contributed by atoms with van der Waals surface area (Å²) in [5.41, 5.74) is 4.72. The average molecular weight is 305 g/mol. The number of aryl methyl sites for hydroxylation is 1. The molecule has 0 bridgehead atoms.